The Kier molecular flexibility index (Phi) is 5.14. The van der Waals surface area contributed by atoms with Crippen molar-refractivity contribution in [1.82, 2.24) is 9.55 Å². The molecule has 2 heterocycles. The highest BCUT2D eigenvalue weighted by atomic mass is 19.4. The van der Waals surface area contributed by atoms with Crippen LogP contribution in [0.3, 0.4) is 0 Å². The summed E-state index contributed by atoms with van der Waals surface area (Å²) in [6, 6.07) is 13.9. The van der Waals surface area contributed by atoms with Gasteiger partial charge in [-0.05, 0) is 54.6 Å². The summed E-state index contributed by atoms with van der Waals surface area (Å²) in [5.41, 5.74) is 0.904. The zero-order chi connectivity index (χ0) is 22.2. The van der Waals surface area contributed by atoms with E-state index in [9.17, 15) is 18.0 Å². The molecular weight excluding hydrogens is 407 g/mol. The number of ether oxygens (including phenoxy) is 1. The summed E-state index contributed by atoms with van der Waals surface area (Å²) in [5.74, 6) is -0.285. The molecule has 0 saturated heterocycles. The fourth-order valence-corrected chi connectivity index (χ4v) is 3.44. The van der Waals surface area contributed by atoms with Crippen LogP contribution >= 0.6 is 0 Å². The predicted octanol–water partition coefficient (Wildman–Crippen LogP) is 5.52. The number of hydrogen-bond acceptors (Lipinski definition) is 3. The van der Waals surface area contributed by atoms with Gasteiger partial charge in [-0.3, -0.25) is 9.78 Å². The normalized spacial score (nSPS) is 11.5. The highest BCUT2D eigenvalue weighted by Gasteiger charge is 2.35. The van der Waals surface area contributed by atoms with Crippen LogP contribution in [0.2, 0.25) is 0 Å². The van der Waals surface area contributed by atoms with Crippen molar-refractivity contribution in [2.24, 2.45) is 7.05 Å². The van der Waals surface area contributed by atoms with Crippen LogP contribution in [0.25, 0.3) is 22.2 Å². The molecule has 0 radical (unpaired) electrons. The molecule has 158 valence electrons. The Morgan fingerprint density at radius 3 is 2.65 bits per heavy atom. The van der Waals surface area contributed by atoms with Gasteiger partial charge in [-0.2, -0.15) is 13.2 Å². The third-order valence-electron chi connectivity index (χ3n) is 4.98. The van der Waals surface area contributed by atoms with E-state index in [0.29, 0.717) is 5.69 Å². The average Bonchev–Trinajstić information content (AvgIpc) is 3.12. The molecule has 0 aliphatic heterocycles. The maximum absolute atomic E-state index is 13.4. The van der Waals surface area contributed by atoms with E-state index < -0.39 is 17.6 Å². The topological polar surface area (TPSA) is 56.1 Å². The maximum atomic E-state index is 13.4. The molecule has 0 atom stereocenters. The number of nitrogens with one attached hydrogen (secondary N) is 1. The SMILES string of the molecule is COc1cc(C(=O)Nc2ccc3c(ccn3C)c2)ccc1-c1ncccc1C(F)(F)F. The number of anilines is 1. The molecule has 4 aromatic rings. The van der Waals surface area contributed by atoms with E-state index in [0.717, 1.165) is 17.0 Å². The van der Waals surface area contributed by atoms with E-state index in [-0.39, 0.29) is 22.6 Å². The van der Waals surface area contributed by atoms with Gasteiger partial charge >= 0.3 is 6.18 Å². The molecule has 2 aromatic heterocycles. The van der Waals surface area contributed by atoms with E-state index >= 15 is 0 Å². The number of benzene rings is 2. The van der Waals surface area contributed by atoms with Gasteiger partial charge in [-0.25, -0.2) is 0 Å². The molecule has 4 rings (SSSR count). The number of carbonyl (C=O) groups excluding carboxylic acids is 1. The van der Waals surface area contributed by atoms with Crippen molar-refractivity contribution in [1.29, 1.82) is 0 Å². The molecule has 0 fully saturated rings. The lowest BCUT2D eigenvalue weighted by atomic mass is 10.0. The number of fused-ring (bicyclic) bond motifs is 1. The molecule has 0 bridgehead atoms. The van der Waals surface area contributed by atoms with Gasteiger partial charge in [0.2, 0.25) is 0 Å². The van der Waals surface area contributed by atoms with Crippen LogP contribution in [0.1, 0.15) is 15.9 Å². The van der Waals surface area contributed by atoms with Gasteiger partial charge in [0.05, 0.1) is 18.4 Å². The molecule has 8 heteroatoms. The molecule has 0 spiro atoms. The lowest BCUT2D eigenvalue weighted by Gasteiger charge is -2.15. The molecule has 1 amide bonds. The first kappa shape index (κ1) is 20.5. The monoisotopic (exact) mass is 425 g/mol. The summed E-state index contributed by atoms with van der Waals surface area (Å²) in [5, 5.41) is 3.78. The Morgan fingerprint density at radius 1 is 1.10 bits per heavy atom. The van der Waals surface area contributed by atoms with E-state index in [1.165, 1.54) is 37.6 Å². The Labute approximate surface area is 176 Å². The summed E-state index contributed by atoms with van der Waals surface area (Å²) in [7, 11) is 3.26. The van der Waals surface area contributed by atoms with E-state index in [1.54, 1.807) is 6.07 Å². The fourth-order valence-electron chi connectivity index (χ4n) is 3.44. The minimum atomic E-state index is -4.57. The van der Waals surface area contributed by atoms with E-state index in [4.69, 9.17) is 4.74 Å². The molecule has 31 heavy (non-hydrogen) atoms. The quantitative estimate of drug-likeness (QED) is 0.468. The van der Waals surface area contributed by atoms with Crippen molar-refractivity contribution in [3.8, 4) is 17.0 Å². The van der Waals surface area contributed by atoms with Crippen LogP contribution in [0.15, 0.2) is 67.0 Å². The molecule has 1 N–H and O–H groups in total. The second-order valence-corrected chi connectivity index (χ2v) is 6.97. The zero-order valence-electron chi connectivity index (χ0n) is 16.7. The minimum Gasteiger partial charge on any atom is -0.496 e. The fraction of sp³-hybridized carbons (Fsp3) is 0.130. The van der Waals surface area contributed by atoms with Gasteiger partial charge in [0.25, 0.3) is 5.91 Å². The number of methoxy groups -OCH3 is 1. The van der Waals surface area contributed by atoms with Crippen LogP contribution in [-0.4, -0.2) is 22.6 Å². The lowest BCUT2D eigenvalue weighted by Crippen LogP contribution is -2.12. The first-order chi connectivity index (χ1) is 14.8. The van der Waals surface area contributed by atoms with Gasteiger partial charge in [-0.15, -0.1) is 0 Å². The number of aromatic nitrogens is 2. The standard InChI is InChI=1S/C23H18F3N3O2/c1-29-11-9-14-12-16(6-8-19(14)29)28-22(30)15-5-7-17(20(13-15)31-2)21-18(23(24,25)26)4-3-10-27-21/h3-13H,1-2H3,(H,28,30). The number of amides is 1. The minimum absolute atomic E-state index is 0.121. The van der Waals surface area contributed by atoms with Gasteiger partial charge in [0, 0.05) is 47.2 Å². The second kappa shape index (κ2) is 7.79. The summed E-state index contributed by atoms with van der Waals surface area (Å²) in [6.07, 6.45) is -1.36. The van der Waals surface area contributed by atoms with Crippen molar-refractivity contribution >= 4 is 22.5 Å². The first-order valence-corrected chi connectivity index (χ1v) is 9.35. The van der Waals surface area contributed by atoms with Gasteiger partial charge in [-0.1, -0.05) is 0 Å². The summed E-state index contributed by atoms with van der Waals surface area (Å²) in [6.45, 7) is 0. The van der Waals surface area contributed by atoms with Gasteiger partial charge < -0.3 is 14.6 Å². The van der Waals surface area contributed by atoms with Crippen LogP contribution in [0, 0.1) is 0 Å². The van der Waals surface area contributed by atoms with Crippen LogP contribution in [0.5, 0.6) is 5.75 Å². The summed E-state index contributed by atoms with van der Waals surface area (Å²) >= 11 is 0. The lowest BCUT2D eigenvalue weighted by molar-refractivity contribution is -0.137. The largest absolute Gasteiger partial charge is 0.496 e. The zero-order valence-corrected chi connectivity index (χ0v) is 16.7. The van der Waals surface area contributed by atoms with Crippen molar-refractivity contribution in [3.05, 3.63) is 78.1 Å². The number of aryl methyl sites for hydroxylation is 1. The molecule has 0 unspecified atom stereocenters. The Balaban J connectivity index is 1.66. The number of nitrogens with zero attached hydrogens (tertiary/aromatic N) is 2. The average molecular weight is 425 g/mol. The number of halogens is 3. The first-order valence-electron chi connectivity index (χ1n) is 9.35. The van der Waals surface area contributed by atoms with Crippen LogP contribution in [0.4, 0.5) is 18.9 Å². The third-order valence-corrected chi connectivity index (χ3v) is 4.98. The van der Waals surface area contributed by atoms with Crippen molar-refractivity contribution in [2.75, 3.05) is 12.4 Å². The number of rotatable bonds is 4. The van der Waals surface area contributed by atoms with Gasteiger partial charge in [0.1, 0.15) is 5.75 Å². The molecule has 5 nitrogen and oxygen atoms in total. The summed E-state index contributed by atoms with van der Waals surface area (Å²) in [4.78, 5) is 16.6. The Hall–Kier alpha value is -3.81. The predicted molar refractivity (Wildman–Crippen MR) is 112 cm³/mol. The number of alkyl halides is 3. The third kappa shape index (κ3) is 3.96. The number of hydrogen-bond donors (Lipinski definition) is 1. The Bertz CT molecular complexity index is 1280. The van der Waals surface area contributed by atoms with E-state index in [2.05, 4.69) is 10.3 Å². The highest BCUT2D eigenvalue weighted by Crippen LogP contribution is 2.39. The number of pyridine rings is 1. The number of carbonyl (C=O) groups is 1. The molecule has 0 aliphatic rings. The smallest absolute Gasteiger partial charge is 0.418 e. The van der Waals surface area contributed by atoms with E-state index in [1.807, 2.05) is 36.0 Å². The molecule has 2 aromatic carbocycles. The maximum Gasteiger partial charge on any atom is 0.418 e. The van der Waals surface area contributed by atoms with Crippen molar-refractivity contribution < 1.29 is 22.7 Å². The Morgan fingerprint density at radius 2 is 1.90 bits per heavy atom. The second-order valence-electron chi connectivity index (χ2n) is 6.97. The van der Waals surface area contributed by atoms with Crippen LogP contribution < -0.4 is 10.1 Å². The molecule has 0 saturated carbocycles. The molecular formula is C23H18F3N3O2. The summed E-state index contributed by atoms with van der Waals surface area (Å²) < 4.78 is 47.4. The van der Waals surface area contributed by atoms with Crippen molar-refractivity contribution in [2.45, 2.75) is 6.18 Å². The van der Waals surface area contributed by atoms with Crippen molar-refractivity contribution in [3.63, 3.8) is 0 Å². The van der Waals surface area contributed by atoms with Crippen LogP contribution in [-0.2, 0) is 13.2 Å². The molecule has 0 aliphatic carbocycles. The van der Waals surface area contributed by atoms with Gasteiger partial charge in [0.15, 0.2) is 0 Å². The highest BCUT2D eigenvalue weighted by molar-refractivity contribution is 6.05.